The van der Waals surface area contributed by atoms with Gasteiger partial charge in [0.15, 0.2) is 11.5 Å². The van der Waals surface area contributed by atoms with Crippen LogP contribution in [0, 0.1) is 0 Å². The molecule has 4 heterocycles. The number of carbonyl (C=O) groups is 2. The molecule has 6 rings (SSSR count). The van der Waals surface area contributed by atoms with Gasteiger partial charge >= 0.3 is 12.4 Å². The van der Waals surface area contributed by atoms with E-state index in [2.05, 4.69) is 19.1 Å². The second-order valence-electron chi connectivity index (χ2n) is 9.97. The molecule has 2 aromatic carbocycles. The number of aromatic amines is 2. The topological polar surface area (TPSA) is 224 Å². The summed E-state index contributed by atoms with van der Waals surface area (Å²) < 4.78 is 29.0. The zero-order chi connectivity index (χ0) is 35.3. The number of methoxy groups -OCH3 is 2. The third-order valence-electron chi connectivity index (χ3n) is 6.90. The molecular weight excluding hydrogens is 644 g/mol. The van der Waals surface area contributed by atoms with Gasteiger partial charge in [-0.2, -0.15) is 0 Å². The summed E-state index contributed by atoms with van der Waals surface area (Å²) in [6.45, 7) is 0.410. The highest BCUT2D eigenvalue weighted by Crippen LogP contribution is 2.25. The Morgan fingerprint density at radius 3 is 1.86 bits per heavy atom. The Morgan fingerprint density at radius 2 is 1.35 bits per heavy atom. The minimum Gasteiger partial charge on any atom is -0.502 e. The number of aromatic hydroxyl groups is 2. The highest BCUT2D eigenvalue weighted by molar-refractivity contribution is 5.87. The molecule has 0 aliphatic rings. The largest absolute Gasteiger partial charge is 0.502 e. The molecule has 15 heteroatoms. The minimum atomic E-state index is -0.760. The molecule has 0 saturated heterocycles. The van der Waals surface area contributed by atoms with Gasteiger partial charge in [-0.05, 0) is 53.9 Å². The van der Waals surface area contributed by atoms with E-state index in [0.29, 0.717) is 12.8 Å². The summed E-state index contributed by atoms with van der Waals surface area (Å²) in [7, 11) is 3.25. The quantitative estimate of drug-likeness (QED) is 0.103. The predicted octanol–water partition coefficient (Wildman–Crippen LogP) is 3.83. The normalized spacial score (nSPS) is 10.3. The molecule has 0 spiro atoms. The van der Waals surface area contributed by atoms with Crippen molar-refractivity contribution in [3.63, 3.8) is 0 Å². The lowest BCUT2D eigenvalue weighted by Crippen LogP contribution is -2.11. The number of aliphatic hydroxyl groups is 1. The number of ether oxygens (including phenoxy) is 4. The van der Waals surface area contributed by atoms with Crippen LogP contribution < -0.4 is 25.1 Å². The fourth-order valence-electron chi connectivity index (χ4n) is 4.44. The van der Waals surface area contributed by atoms with Crippen LogP contribution >= 0.6 is 0 Å². The second kappa shape index (κ2) is 16.9. The van der Waals surface area contributed by atoms with E-state index in [0.717, 1.165) is 69.1 Å². The number of nitrogens with one attached hydrogen (secondary N) is 2. The number of fused-ring (bicyclic) bond motifs is 2. The molecule has 0 amide bonds. The Kier molecular flexibility index (Phi) is 12.2. The van der Waals surface area contributed by atoms with Crippen molar-refractivity contribution in [1.29, 1.82) is 0 Å². The Balaban J connectivity index is 0.000000183. The lowest BCUT2D eigenvalue weighted by atomic mass is 10.1. The summed E-state index contributed by atoms with van der Waals surface area (Å²) in [6.07, 6.45) is 6.54. The first kappa shape index (κ1) is 35.4. The SMILES string of the molecule is COc1ccc2[nH]cc(CCO)c2c1.COc1ccc2[nH]cc(CCOC(=O)c3cc(=O)c(O)co3)c2c1.O=COc1cc(=O)c(O)co1. The molecule has 6 aromatic rings. The van der Waals surface area contributed by atoms with Crippen LogP contribution in [0.3, 0.4) is 0 Å². The fraction of sp³-hybridized carbons (Fsp3) is 0.176. The van der Waals surface area contributed by atoms with Crippen LogP contribution in [-0.4, -0.2) is 65.2 Å². The minimum absolute atomic E-state index is 0.119. The van der Waals surface area contributed by atoms with Gasteiger partial charge in [-0.15, -0.1) is 0 Å². The van der Waals surface area contributed by atoms with Gasteiger partial charge in [0, 0.05) is 53.3 Å². The number of hydrogen-bond donors (Lipinski definition) is 5. The van der Waals surface area contributed by atoms with Gasteiger partial charge in [0.2, 0.25) is 16.6 Å². The van der Waals surface area contributed by atoms with E-state index in [1.807, 2.05) is 48.8 Å². The number of H-pyrrole nitrogens is 2. The molecule has 15 nitrogen and oxygen atoms in total. The third-order valence-corrected chi connectivity index (χ3v) is 6.90. The van der Waals surface area contributed by atoms with E-state index in [4.69, 9.17) is 33.9 Å². The predicted molar refractivity (Wildman–Crippen MR) is 174 cm³/mol. The van der Waals surface area contributed by atoms with Gasteiger partial charge in [0.1, 0.15) is 24.0 Å². The first-order valence-corrected chi connectivity index (χ1v) is 14.5. The van der Waals surface area contributed by atoms with Crippen LogP contribution in [0.1, 0.15) is 21.7 Å². The van der Waals surface area contributed by atoms with E-state index in [9.17, 15) is 19.2 Å². The Morgan fingerprint density at radius 1 is 0.796 bits per heavy atom. The Hall–Kier alpha value is -6.48. The molecule has 256 valence electrons. The fourth-order valence-corrected chi connectivity index (χ4v) is 4.44. The third kappa shape index (κ3) is 9.30. The number of benzene rings is 2. The van der Waals surface area contributed by atoms with Gasteiger partial charge in [-0.3, -0.25) is 14.4 Å². The van der Waals surface area contributed by atoms with Crippen LogP contribution in [-0.2, 0) is 22.4 Å². The van der Waals surface area contributed by atoms with Crippen molar-refractivity contribution in [1.82, 2.24) is 9.97 Å². The number of aliphatic hydroxyl groups excluding tert-OH is 1. The lowest BCUT2D eigenvalue weighted by Gasteiger charge is -2.04. The maximum absolute atomic E-state index is 11.8. The molecule has 49 heavy (non-hydrogen) atoms. The molecule has 0 unspecified atom stereocenters. The number of hydrogen-bond acceptors (Lipinski definition) is 13. The van der Waals surface area contributed by atoms with Gasteiger partial charge in [0.25, 0.3) is 5.95 Å². The summed E-state index contributed by atoms with van der Waals surface area (Å²) in [5, 5.41) is 28.7. The number of aromatic nitrogens is 2. The van der Waals surface area contributed by atoms with Crippen molar-refractivity contribution < 1.29 is 52.7 Å². The van der Waals surface area contributed by atoms with Crippen LogP contribution in [0.5, 0.6) is 28.9 Å². The van der Waals surface area contributed by atoms with E-state index in [1.54, 1.807) is 14.2 Å². The van der Waals surface area contributed by atoms with Crippen molar-refractivity contribution in [3.05, 3.63) is 111 Å². The maximum atomic E-state index is 11.8. The molecular formula is C34H32N2O13. The molecule has 0 fully saturated rings. The van der Waals surface area contributed by atoms with Crippen molar-refractivity contribution in [3.8, 4) is 28.9 Å². The van der Waals surface area contributed by atoms with E-state index < -0.39 is 28.3 Å². The summed E-state index contributed by atoms with van der Waals surface area (Å²) in [5.41, 5.74) is 2.78. The van der Waals surface area contributed by atoms with Crippen molar-refractivity contribution >= 4 is 34.2 Å². The van der Waals surface area contributed by atoms with Crippen molar-refractivity contribution in [2.75, 3.05) is 27.4 Å². The molecule has 5 N–H and O–H groups in total. The average Bonchev–Trinajstić information content (AvgIpc) is 3.71. The molecule has 0 bridgehead atoms. The van der Waals surface area contributed by atoms with Crippen LogP contribution in [0.4, 0.5) is 0 Å². The monoisotopic (exact) mass is 676 g/mol. The zero-order valence-electron chi connectivity index (χ0n) is 26.3. The van der Waals surface area contributed by atoms with E-state index in [1.165, 1.54) is 0 Å². The maximum Gasteiger partial charge on any atom is 0.374 e. The van der Waals surface area contributed by atoms with Crippen LogP contribution in [0.2, 0.25) is 0 Å². The van der Waals surface area contributed by atoms with Crippen LogP contribution in [0.25, 0.3) is 21.8 Å². The summed E-state index contributed by atoms with van der Waals surface area (Å²) in [6, 6.07) is 13.3. The zero-order valence-corrected chi connectivity index (χ0v) is 26.3. The van der Waals surface area contributed by atoms with Crippen molar-refractivity contribution in [2.24, 2.45) is 0 Å². The lowest BCUT2D eigenvalue weighted by molar-refractivity contribution is -0.121. The molecule has 0 atom stereocenters. The van der Waals surface area contributed by atoms with Crippen molar-refractivity contribution in [2.45, 2.75) is 12.8 Å². The van der Waals surface area contributed by atoms with Gasteiger partial charge < -0.3 is 53.1 Å². The molecule has 4 aromatic heterocycles. The average molecular weight is 677 g/mol. The standard InChI is InChI=1S/C17H15NO6.C11H13NO2.C6H4O5/c1-22-11-2-3-13-12(6-11)10(8-18-13)4-5-23-17(21)16-7-14(19)15(20)9-24-16;1-14-9-2-3-11-10(6-9)8(4-5-13)7-12-11;7-3-11-6-1-4(8)5(9)2-10-6/h2-3,6-9,18,20H,4-5H2,1H3;2-3,6-7,12-13H,4-5H2,1H3;1-3,9H. The summed E-state index contributed by atoms with van der Waals surface area (Å²) >= 11 is 0. The number of esters is 1. The summed E-state index contributed by atoms with van der Waals surface area (Å²) in [4.78, 5) is 49.7. The Bertz CT molecular complexity index is 2140. The van der Waals surface area contributed by atoms with Gasteiger partial charge in [-0.1, -0.05) is 0 Å². The van der Waals surface area contributed by atoms with Gasteiger partial charge in [0.05, 0.1) is 26.9 Å². The molecule has 0 aliphatic heterocycles. The highest BCUT2D eigenvalue weighted by Gasteiger charge is 2.13. The van der Waals surface area contributed by atoms with Crippen LogP contribution in [0.15, 0.2) is 91.9 Å². The number of carbonyl (C=O) groups excluding carboxylic acids is 2. The molecule has 0 aliphatic carbocycles. The highest BCUT2D eigenvalue weighted by atomic mass is 16.6. The smallest absolute Gasteiger partial charge is 0.374 e. The Labute approximate surface area is 276 Å². The molecule has 0 saturated carbocycles. The molecule has 0 radical (unpaired) electrons. The van der Waals surface area contributed by atoms with E-state index >= 15 is 0 Å². The second-order valence-corrected chi connectivity index (χ2v) is 9.97. The number of rotatable bonds is 10. The summed E-state index contributed by atoms with van der Waals surface area (Å²) in [5.74, 6) is -0.754. The van der Waals surface area contributed by atoms with Gasteiger partial charge in [-0.25, -0.2) is 4.79 Å². The first-order chi connectivity index (χ1) is 23.7. The first-order valence-electron chi connectivity index (χ1n) is 14.5. The van der Waals surface area contributed by atoms with E-state index in [-0.39, 0.29) is 31.4 Å².